The first-order valence-corrected chi connectivity index (χ1v) is 15.1. The first-order valence-electron chi connectivity index (χ1n) is 12.4. The predicted molar refractivity (Wildman–Crippen MR) is 153 cm³/mol. The molecule has 5 nitrogen and oxygen atoms in total. The van der Waals surface area contributed by atoms with Crippen LogP contribution in [0, 0.1) is 0 Å². The van der Waals surface area contributed by atoms with Gasteiger partial charge in [0.25, 0.3) is 0 Å². The number of fused-ring (bicyclic) bond motifs is 2. The van der Waals surface area contributed by atoms with Crippen molar-refractivity contribution >= 4 is 31.9 Å². The summed E-state index contributed by atoms with van der Waals surface area (Å²) in [6, 6.07) is 10.1. The van der Waals surface area contributed by atoms with Crippen LogP contribution >= 0.6 is 7.82 Å². The molecule has 36 heavy (non-hydrogen) atoms. The van der Waals surface area contributed by atoms with Crippen LogP contribution in [0.1, 0.15) is 116 Å². The average Bonchev–Trinajstić information content (AvgIpc) is 2.59. The van der Waals surface area contributed by atoms with Crippen molar-refractivity contribution < 1.29 is 24.7 Å². The smallest absolute Gasteiger partial charge is 0.412 e. The maximum absolute atomic E-state index is 8.88. The highest BCUT2D eigenvalue weighted by Gasteiger charge is 2.32. The van der Waals surface area contributed by atoms with Gasteiger partial charge in [-0.2, -0.15) is 0 Å². The lowest BCUT2D eigenvalue weighted by Gasteiger charge is -2.36. The molecule has 0 saturated heterocycles. The molecular formula is C29H47AlO5P. The van der Waals surface area contributed by atoms with Gasteiger partial charge in [0.1, 0.15) is 0 Å². The van der Waals surface area contributed by atoms with Crippen molar-refractivity contribution in [3.63, 3.8) is 0 Å². The van der Waals surface area contributed by atoms with E-state index < -0.39 is 7.82 Å². The molecular weight excluding hydrogens is 486 g/mol. The molecule has 0 fully saturated rings. The lowest BCUT2D eigenvalue weighted by atomic mass is 9.77. The van der Waals surface area contributed by atoms with Crippen LogP contribution in [0.3, 0.4) is 0 Å². The molecule has 1 aliphatic rings. The summed E-state index contributed by atoms with van der Waals surface area (Å²) >= 11 is 0.108. The Hall–Kier alpha value is -0.958. The second-order valence-corrected chi connectivity index (χ2v) is 16.5. The van der Waals surface area contributed by atoms with Crippen molar-refractivity contribution in [1.29, 1.82) is 0 Å². The molecule has 1 radical (unpaired) electrons. The lowest BCUT2D eigenvalue weighted by Crippen LogP contribution is -2.46. The van der Waals surface area contributed by atoms with Crippen molar-refractivity contribution in [2.75, 3.05) is 0 Å². The van der Waals surface area contributed by atoms with Crippen LogP contribution in [0.25, 0.3) is 0 Å². The fourth-order valence-electron chi connectivity index (χ4n) is 4.52. The average molecular weight is 534 g/mol. The Morgan fingerprint density at radius 3 is 1.11 bits per heavy atom. The van der Waals surface area contributed by atoms with Gasteiger partial charge in [0.15, 0.2) is 0 Å². The zero-order valence-corrected chi connectivity index (χ0v) is 26.3. The number of benzene rings is 2. The van der Waals surface area contributed by atoms with E-state index in [1.165, 1.54) is 11.1 Å². The van der Waals surface area contributed by atoms with E-state index in [2.05, 4.69) is 107 Å². The van der Waals surface area contributed by atoms with Gasteiger partial charge in [-0.3, -0.25) is 0 Å². The Bertz CT molecular complexity index is 1050. The van der Waals surface area contributed by atoms with Crippen molar-refractivity contribution in [1.82, 2.24) is 0 Å². The number of phosphoric acid groups is 1. The van der Waals surface area contributed by atoms with E-state index in [1.54, 1.807) is 31.1 Å². The number of hydrogen-bond donors (Lipinski definition) is 3. The van der Waals surface area contributed by atoms with Crippen LogP contribution in [0.2, 0.25) is 0 Å². The van der Waals surface area contributed by atoms with Crippen LogP contribution < -0.4 is 8.85 Å². The fraction of sp³-hybridized carbons (Fsp3) is 0.586. The first-order chi connectivity index (χ1) is 15.4. The molecule has 1 aliphatic heterocycles. The summed E-state index contributed by atoms with van der Waals surface area (Å²) in [6.45, 7) is 28.4. The Balaban J connectivity index is 0.000000983. The lowest BCUT2D eigenvalue weighted by molar-refractivity contribution is 0.275. The van der Waals surface area contributed by atoms with Gasteiger partial charge in [0.05, 0.1) is 0 Å². The third-order valence-corrected chi connectivity index (χ3v) is 8.49. The highest BCUT2D eigenvalue weighted by Crippen LogP contribution is 2.34. The molecule has 7 heteroatoms. The zero-order chi connectivity index (χ0) is 27.4. The normalized spacial score (nSPS) is 14.0. The van der Waals surface area contributed by atoms with Gasteiger partial charge < -0.3 is 20.2 Å². The summed E-state index contributed by atoms with van der Waals surface area (Å²) in [4.78, 5) is 21.6. The van der Waals surface area contributed by atoms with E-state index in [4.69, 9.17) is 19.2 Å². The largest absolute Gasteiger partial charge is 0.466 e. The summed E-state index contributed by atoms with van der Waals surface area (Å²) in [5, 5.41) is 0. The predicted octanol–water partition coefficient (Wildman–Crippen LogP) is 4.68. The van der Waals surface area contributed by atoms with E-state index in [0.717, 1.165) is 6.42 Å². The van der Waals surface area contributed by atoms with Crippen LogP contribution in [0.15, 0.2) is 24.3 Å². The second kappa shape index (κ2) is 10.7. The minimum Gasteiger partial charge on any atom is -0.412 e. The molecule has 0 aliphatic carbocycles. The van der Waals surface area contributed by atoms with Gasteiger partial charge >= 0.3 is 23.0 Å². The number of hydrogen-bond acceptors (Lipinski definition) is 1. The van der Waals surface area contributed by atoms with E-state index in [1.807, 2.05) is 0 Å². The highest BCUT2D eigenvalue weighted by atomic mass is 31.2. The van der Waals surface area contributed by atoms with Crippen molar-refractivity contribution in [3.05, 3.63) is 57.6 Å². The van der Waals surface area contributed by atoms with Gasteiger partial charge in [0.2, 0.25) is 0 Å². The van der Waals surface area contributed by atoms with Gasteiger partial charge in [-0.25, -0.2) is 4.57 Å². The summed E-state index contributed by atoms with van der Waals surface area (Å²) in [5.74, 6) is 0. The molecule has 0 spiro atoms. The van der Waals surface area contributed by atoms with Crippen LogP contribution in [-0.4, -0.2) is 35.4 Å². The second-order valence-electron chi connectivity index (χ2n) is 14.0. The van der Waals surface area contributed by atoms with E-state index >= 15 is 0 Å². The Kier molecular flexibility index (Phi) is 9.79. The molecule has 0 aromatic heterocycles. The Morgan fingerprint density at radius 1 is 0.611 bits per heavy atom. The first kappa shape index (κ1) is 33.1. The third kappa shape index (κ3) is 8.54. The van der Waals surface area contributed by atoms with Crippen LogP contribution in [0.5, 0.6) is 0 Å². The van der Waals surface area contributed by atoms with E-state index in [9.17, 15) is 0 Å². The van der Waals surface area contributed by atoms with Gasteiger partial charge in [0, 0.05) is 0 Å². The molecule has 3 rings (SSSR count). The quantitative estimate of drug-likeness (QED) is 0.288. The third-order valence-electron chi connectivity index (χ3n) is 6.55. The summed E-state index contributed by atoms with van der Waals surface area (Å²) in [6.07, 6.45) is 1.08. The molecule has 0 unspecified atom stereocenters. The van der Waals surface area contributed by atoms with Crippen molar-refractivity contribution in [2.45, 2.75) is 111 Å². The summed E-state index contributed by atoms with van der Waals surface area (Å²) in [7, 11) is -4.64. The fourth-order valence-corrected chi connectivity index (χ4v) is 6.89. The molecule has 5 N–H and O–H groups in total. The monoisotopic (exact) mass is 533 g/mol. The molecule has 2 aromatic carbocycles. The Labute approximate surface area is 225 Å². The minimum atomic E-state index is -4.64. The maximum atomic E-state index is 8.88. The zero-order valence-electron chi connectivity index (χ0n) is 24.3. The molecule has 0 amide bonds. The topological polar surface area (TPSA) is 109 Å². The van der Waals surface area contributed by atoms with Crippen molar-refractivity contribution in [3.8, 4) is 0 Å². The molecule has 201 valence electrons. The van der Waals surface area contributed by atoms with E-state index in [-0.39, 0.29) is 42.4 Å². The number of rotatable bonds is 0. The highest BCUT2D eigenvalue weighted by molar-refractivity contribution is 7.45. The van der Waals surface area contributed by atoms with Gasteiger partial charge in [-0.15, -0.1) is 8.85 Å². The minimum absolute atomic E-state index is 0. The van der Waals surface area contributed by atoms with Crippen LogP contribution in [0.4, 0.5) is 0 Å². The van der Waals surface area contributed by atoms with Crippen LogP contribution in [-0.2, 0) is 32.6 Å². The standard InChI is InChI=1S/C29H42.Al.H3O4P.H2O/c1-26(2,3)22-14-20(15-23(18-22)27(4,5)6)13-21-16-24(28(7,8)9)19-25(17-21)29(10,11)12;;1-5(2,3)4;/h14,16,18-19H,13H2,1-12H3;;(H3,1,2,3,4);1H2. The summed E-state index contributed by atoms with van der Waals surface area (Å²) in [5.41, 5.74) is 9.97. The van der Waals surface area contributed by atoms with Gasteiger partial charge in [-0.1, -0.05) is 130 Å². The van der Waals surface area contributed by atoms with E-state index in [0.29, 0.717) is 0 Å². The van der Waals surface area contributed by atoms with Gasteiger partial charge in [-0.05, 0) is 39.2 Å². The Morgan fingerprint density at radius 2 is 0.889 bits per heavy atom. The maximum Gasteiger partial charge on any atom is 0.466 e. The molecule has 0 saturated carbocycles. The molecule has 2 aromatic rings. The van der Waals surface area contributed by atoms with Crippen molar-refractivity contribution in [2.24, 2.45) is 0 Å². The molecule has 1 heterocycles. The molecule has 0 atom stereocenters. The summed E-state index contributed by atoms with van der Waals surface area (Å²) < 4.78 is 12.2. The molecule has 0 bridgehead atoms. The SMILES string of the molecule is CC(C)(C)c1cc2[c](c(C(C)(C)C)c1)[Al][c]1c(cc(C(C)(C)C)cc1C(C)(C)C)C2.O.O=P(O)(O)O.